The van der Waals surface area contributed by atoms with E-state index in [0.717, 1.165) is 37.7 Å². The van der Waals surface area contributed by atoms with Gasteiger partial charge in [0.25, 0.3) is 0 Å². The molecule has 1 aromatic rings. The Morgan fingerprint density at radius 2 is 1.85 bits per heavy atom. The Bertz CT molecular complexity index is 495. The number of nitrogens with zero attached hydrogens (tertiary/aromatic N) is 5. The Kier molecular flexibility index (Phi) is 4.24. The molecule has 1 aliphatic rings. The third-order valence-corrected chi connectivity index (χ3v) is 3.93. The summed E-state index contributed by atoms with van der Waals surface area (Å²) in [5.41, 5.74) is 0.690. The van der Waals surface area contributed by atoms with Gasteiger partial charge in [0, 0.05) is 37.9 Å². The highest BCUT2D eigenvalue weighted by Crippen LogP contribution is 2.21. The highest BCUT2D eigenvalue weighted by atomic mass is 15.3. The molecular weight excluding hydrogens is 250 g/mol. The van der Waals surface area contributed by atoms with E-state index in [1.165, 1.54) is 0 Å². The van der Waals surface area contributed by atoms with Crippen molar-refractivity contribution in [2.24, 2.45) is 0 Å². The molecule has 108 valence electrons. The topological polar surface area (TPSA) is 56.0 Å². The summed E-state index contributed by atoms with van der Waals surface area (Å²) in [4.78, 5) is 13.2. The number of aromatic nitrogens is 2. The van der Waals surface area contributed by atoms with Crippen LogP contribution in [0.1, 0.15) is 39.3 Å². The number of rotatable bonds is 3. The van der Waals surface area contributed by atoms with E-state index in [-0.39, 0.29) is 5.54 Å². The molecule has 1 aliphatic heterocycles. The average Bonchev–Trinajstić information content (AvgIpc) is 2.47. The molecule has 0 unspecified atom stereocenters. The summed E-state index contributed by atoms with van der Waals surface area (Å²) >= 11 is 0. The third-order valence-electron chi connectivity index (χ3n) is 3.93. The number of anilines is 1. The first-order valence-electron chi connectivity index (χ1n) is 7.17. The lowest BCUT2D eigenvalue weighted by Crippen LogP contribution is -2.54. The van der Waals surface area contributed by atoms with Crippen molar-refractivity contribution in [1.29, 1.82) is 5.26 Å². The van der Waals surface area contributed by atoms with Gasteiger partial charge < -0.3 is 4.90 Å². The summed E-state index contributed by atoms with van der Waals surface area (Å²) in [5, 5.41) is 9.20. The first-order valence-corrected chi connectivity index (χ1v) is 7.17. The van der Waals surface area contributed by atoms with Crippen molar-refractivity contribution in [2.45, 2.75) is 39.2 Å². The van der Waals surface area contributed by atoms with Crippen LogP contribution in [0.2, 0.25) is 0 Å². The number of hydrogen-bond donors (Lipinski definition) is 0. The number of piperazine rings is 1. The highest BCUT2D eigenvalue weighted by Gasteiger charge is 2.30. The molecule has 2 heterocycles. The van der Waals surface area contributed by atoms with E-state index in [0.29, 0.717) is 5.92 Å². The van der Waals surface area contributed by atoms with Crippen LogP contribution in [0.3, 0.4) is 0 Å². The molecular formula is C15H23N5. The van der Waals surface area contributed by atoms with Crippen LogP contribution < -0.4 is 4.90 Å². The Labute approximate surface area is 121 Å². The minimum Gasteiger partial charge on any atom is -0.354 e. The number of hydrogen-bond acceptors (Lipinski definition) is 5. The van der Waals surface area contributed by atoms with Crippen molar-refractivity contribution in [2.75, 3.05) is 31.1 Å². The molecule has 0 N–H and O–H groups in total. The van der Waals surface area contributed by atoms with Gasteiger partial charge in [0.05, 0.1) is 6.07 Å². The van der Waals surface area contributed by atoms with E-state index < -0.39 is 0 Å². The van der Waals surface area contributed by atoms with Crippen LogP contribution in [0.15, 0.2) is 12.4 Å². The van der Waals surface area contributed by atoms with Crippen LogP contribution in [0.4, 0.5) is 5.82 Å². The van der Waals surface area contributed by atoms with Crippen molar-refractivity contribution in [3.05, 3.63) is 18.1 Å². The van der Waals surface area contributed by atoms with Gasteiger partial charge in [-0.3, -0.25) is 4.90 Å². The zero-order valence-electron chi connectivity index (χ0n) is 12.8. The zero-order chi connectivity index (χ0) is 14.8. The Hall–Kier alpha value is -1.67. The van der Waals surface area contributed by atoms with E-state index >= 15 is 0 Å². The van der Waals surface area contributed by atoms with Crippen molar-refractivity contribution in [3.63, 3.8) is 0 Å². The van der Waals surface area contributed by atoms with Crippen LogP contribution in [0.25, 0.3) is 0 Å². The van der Waals surface area contributed by atoms with Crippen LogP contribution in [-0.2, 0) is 0 Å². The normalized spacial score (nSPS) is 17.3. The van der Waals surface area contributed by atoms with Crippen molar-refractivity contribution >= 4 is 5.82 Å². The first kappa shape index (κ1) is 14.7. The summed E-state index contributed by atoms with van der Waals surface area (Å²) < 4.78 is 0. The van der Waals surface area contributed by atoms with Crippen LogP contribution in [-0.4, -0.2) is 46.6 Å². The van der Waals surface area contributed by atoms with Crippen molar-refractivity contribution in [1.82, 2.24) is 14.9 Å². The number of nitriles is 1. The molecule has 0 atom stereocenters. The predicted molar refractivity (Wildman–Crippen MR) is 79.6 cm³/mol. The Morgan fingerprint density at radius 3 is 2.40 bits per heavy atom. The lowest BCUT2D eigenvalue weighted by molar-refractivity contribution is 0.157. The van der Waals surface area contributed by atoms with E-state index in [2.05, 4.69) is 45.8 Å². The maximum atomic E-state index is 9.20. The molecule has 0 saturated carbocycles. The smallest absolute Gasteiger partial charge is 0.132 e. The molecule has 0 spiro atoms. The fourth-order valence-corrected chi connectivity index (χ4v) is 2.42. The van der Waals surface area contributed by atoms with E-state index in [1.54, 1.807) is 6.33 Å². The molecule has 1 aromatic heterocycles. The minimum absolute atomic E-state index is 0.388. The molecule has 20 heavy (non-hydrogen) atoms. The molecule has 1 fully saturated rings. The lowest BCUT2D eigenvalue weighted by atomic mass is 10.0. The fraction of sp³-hybridized carbons (Fsp3) is 0.667. The van der Waals surface area contributed by atoms with Gasteiger partial charge in [0.1, 0.15) is 17.7 Å². The minimum atomic E-state index is -0.388. The fourth-order valence-electron chi connectivity index (χ4n) is 2.42. The second-order valence-corrected chi connectivity index (χ2v) is 6.10. The van der Waals surface area contributed by atoms with Crippen LogP contribution >= 0.6 is 0 Å². The van der Waals surface area contributed by atoms with Gasteiger partial charge in [-0.1, -0.05) is 13.8 Å². The Morgan fingerprint density at radius 1 is 1.20 bits per heavy atom. The van der Waals surface area contributed by atoms with Crippen molar-refractivity contribution < 1.29 is 0 Å². The quantitative estimate of drug-likeness (QED) is 0.843. The summed E-state index contributed by atoms with van der Waals surface area (Å²) in [6.07, 6.45) is 1.65. The van der Waals surface area contributed by atoms with E-state index in [9.17, 15) is 5.26 Å². The van der Waals surface area contributed by atoms with Gasteiger partial charge in [0.15, 0.2) is 0 Å². The Balaban J connectivity index is 2.04. The zero-order valence-corrected chi connectivity index (χ0v) is 12.8. The van der Waals surface area contributed by atoms with Gasteiger partial charge in [-0.25, -0.2) is 9.97 Å². The monoisotopic (exact) mass is 273 g/mol. The van der Waals surface area contributed by atoms with Gasteiger partial charge in [-0.05, 0) is 19.8 Å². The average molecular weight is 273 g/mol. The molecule has 0 aromatic carbocycles. The second-order valence-electron chi connectivity index (χ2n) is 6.10. The predicted octanol–water partition coefficient (Wildman–Crippen LogP) is 2.02. The molecule has 5 nitrogen and oxygen atoms in total. The molecule has 1 saturated heterocycles. The highest BCUT2D eigenvalue weighted by molar-refractivity contribution is 5.40. The largest absolute Gasteiger partial charge is 0.354 e. The van der Waals surface area contributed by atoms with Gasteiger partial charge in [0.2, 0.25) is 0 Å². The molecule has 0 radical (unpaired) electrons. The van der Waals surface area contributed by atoms with Gasteiger partial charge in [-0.2, -0.15) is 5.26 Å². The lowest BCUT2D eigenvalue weighted by Gasteiger charge is -2.40. The first-order chi connectivity index (χ1) is 9.44. The van der Waals surface area contributed by atoms with E-state index in [4.69, 9.17) is 0 Å². The molecule has 2 rings (SSSR count). The van der Waals surface area contributed by atoms with Crippen LogP contribution in [0.5, 0.6) is 0 Å². The second kappa shape index (κ2) is 5.76. The van der Waals surface area contributed by atoms with Crippen molar-refractivity contribution in [3.8, 4) is 6.07 Å². The summed E-state index contributed by atoms with van der Waals surface area (Å²) in [5.74, 6) is 1.41. The summed E-state index contributed by atoms with van der Waals surface area (Å²) in [7, 11) is 0. The van der Waals surface area contributed by atoms with Gasteiger partial charge in [-0.15, -0.1) is 0 Å². The molecule has 0 amide bonds. The third kappa shape index (κ3) is 3.07. The molecule has 5 heteroatoms. The summed E-state index contributed by atoms with van der Waals surface area (Å²) in [6.45, 7) is 11.8. The maximum absolute atomic E-state index is 9.20. The SMILES string of the molecule is CC(C)c1cc(N2CCN(C(C)(C)C#N)CC2)ncn1. The maximum Gasteiger partial charge on any atom is 0.132 e. The molecule has 0 bridgehead atoms. The standard InChI is InChI=1S/C15H23N5/c1-12(2)13-9-14(18-11-17-13)19-5-7-20(8-6-19)15(3,4)10-16/h9,11-12H,5-8H2,1-4H3. The van der Waals surface area contributed by atoms with Gasteiger partial charge >= 0.3 is 0 Å². The molecule has 0 aliphatic carbocycles. The van der Waals surface area contributed by atoms with E-state index in [1.807, 2.05) is 13.8 Å². The summed E-state index contributed by atoms with van der Waals surface area (Å²) in [6, 6.07) is 4.45. The van der Waals surface area contributed by atoms with Crippen LogP contribution in [0, 0.1) is 11.3 Å².